The van der Waals surface area contributed by atoms with Crippen LogP contribution in [0.2, 0.25) is 0 Å². The van der Waals surface area contributed by atoms with E-state index in [9.17, 15) is 29.8 Å². The molecule has 6 atom stereocenters. The smallest absolute Gasteiger partial charge is 0.338 e. The van der Waals surface area contributed by atoms with Crippen LogP contribution in [0.4, 0.5) is 11.4 Å². The highest BCUT2D eigenvalue weighted by Crippen LogP contribution is 2.34. The van der Waals surface area contributed by atoms with Gasteiger partial charge in [-0.1, -0.05) is 0 Å². The Morgan fingerprint density at radius 3 is 1.38 bits per heavy atom. The van der Waals surface area contributed by atoms with Gasteiger partial charge in [-0.2, -0.15) is 0 Å². The van der Waals surface area contributed by atoms with Crippen LogP contribution in [0.3, 0.4) is 0 Å². The van der Waals surface area contributed by atoms with Gasteiger partial charge in [-0.25, -0.2) is 9.59 Å². The van der Waals surface area contributed by atoms with E-state index in [1.54, 1.807) is 0 Å². The maximum Gasteiger partial charge on any atom is 0.338 e. The van der Waals surface area contributed by atoms with Crippen molar-refractivity contribution >= 4 is 23.3 Å². The van der Waals surface area contributed by atoms with Gasteiger partial charge < -0.3 is 28.4 Å². The molecule has 4 fully saturated rings. The number of hydrogen-bond donors (Lipinski definition) is 0. The number of nitro groups is 2. The summed E-state index contributed by atoms with van der Waals surface area (Å²) >= 11 is 0. The van der Waals surface area contributed by atoms with Crippen LogP contribution in [0.1, 0.15) is 33.6 Å². The Morgan fingerprint density at radius 2 is 1.02 bits per heavy atom. The largest absolute Gasteiger partial charge is 0.456 e. The third-order valence-corrected chi connectivity index (χ3v) is 7.11. The zero-order valence-corrected chi connectivity index (χ0v) is 21.1. The molecule has 0 radical (unpaired) electrons. The summed E-state index contributed by atoms with van der Waals surface area (Å²) in [4.78, 5) is 44.0. The minimum atomic E-state index is -0.514. The van der Waals surface area contributed by atoms with Crippen molar-refractivity contribution in [3.05, 3.63) is 79.9 Å². The van der Waals surface area contributed by atoms with Crippen molar-refractivity contribution in [1.29, 1.82) is 0 Å². The lowest BCUT2D eigenvalue weighted by molar-refractivity contribution is -0.385. The number of carbonyl (C=O) groups is 2. The summed E-state index contributed by atoms with van der Waals surface area (Å²) in [5.41, 5.74) is 0.459. The second-order valence-corrected chi connectivity index (χ2v) is 9.55. The Morgan fingerprint density at radius 1 is 0.650 bits per heavy atom. The molecule has 6 rings (SSSR count). The van der Waals surface area contributed by atoms with Gasteiger partial charge in [0.1, 0.15) is 12.2 Å². The van der Waals surface area contributed by atoms with Gasteiger partial charge >= 0.3 is 11.9 Å². The first-order valence-corrected chi connectivity index (χ1v) is 12.7. The minimum absolute atomic E-state index is 0.0602. The SMILES string of the molecule is O=C(O[C@@H]1CO[C@H]2OCC[C@H]21)c1ccc([N+](=O)[O-])cc1.O=C(O[C@H]1CO[C@@H]2OCC[C@@H]21)c1ccc([N+](=O)[O-])cc1. The molecule has 0 saturated carbocycles. The lowest BCUT2D eigenvalue weighted by atomic mass is 10.0. The number of non-ortho nitro benzene ring substituents is 2. The summed E-state index contributed by atoms with van der Waals surface area (Å²) in [7, 11) is 0. The fourth-order valence-corrected chi connectivity index (χ4v) is 4.94. The van der Waals surface area contributed by atoms with Crippen LogP contribution in [-0.4, -0.2) is 73.0 Å². The van der Waals surface area contributed by atoms with Crippen LogP contribution < -0.4 is 0 Å². The van der Waals surface area contributed by atoms with Crippen LogP contribution in [0.15, 0.2) is 48.5 Å². The summed E-state index contributed by atoms with van der Waals surface area (Å²) in [5, 5.41) is 21.1. The van der Waals surface area contributed by atoms with Crippen molar-refractivity contribution in [3.63, 3.8) is 0 Å². The number of rotatable bonds is 6. The van der Waals surface area contributed by atoms with Crippen molar-refractivity contribution < 1.29 is 47.9 Å². The molecule has 14 heteroatoms. The van der Waals surface area contributed by atoms with Crippen molar-refractivity contribution in [2.75, 3.05) is 26.4 Å². The van der Waals surface area contributed by atoms with Gasteiger partial charge in [0, 0.05) is 24.3 Å². The molecule has 40 heavy (non-hydrogen) atoms. The predicted octanol–water partition coefficient (Wildman–Crippen LogP) is 3.03. The average Bonchev–Trinajstić information content (AvgIpc) is 3.74. The third-order valence-electron chi connectivity index (χ3n) is 7.11. The number of fused-ring (bicyclic) bond motifs is 2. The highest BCUT2D eigenvalue weighted by Gasteiger charge is 2.45. The van der Waals surface area contributed by atoms with E-state index in [0.717, 1.165) is 12.8 Å². The molecule has 0 aromatic heterocycles. The van der Waals surface area contributed by atoms with E-state index in [0.29, 0.717) is 26.4 Å². The number of carbonyl (C=O) groups excluding carboxylic acids is 2. The predicted molar refractivity (Wildman–Crippen MR) is 132 cm³/mol. The Bertz CT molecular complexity index is 1150. The minimum Gasteiger partial charge on any atom is -0.456 e. The van der Waals surface area contributed by atoms with Crippen LogP contribution in [-0.2, 0) is 28.4 Å². The topological polar surface area (TPSA) is 176 Å². The van der Waals surface area contributed by atoms with Crippen LogP contribution in [0.25, 0.3) is 0 Å². The normalized spacial score (nSPS) is 28.1. The first-order valence-electron chi connectivity index (χ1n) is 12.7. The molecule has 0 bridgehead atoms. The molecule has 4 aliphatic rings. The van der Waals surface area contributed by atoms with E-state index in [1.165, 1.54) is 48.5 Å². The Hall–Kier alpha value is -3.98. The molecule has 4 saturated heterocycles. The maximum atomic E-state index is 12.0. The van der Waals surface area contributed by atoms with Crippen LogP contribution >= 0.6 is 0 Å². The third kappa shape index (κ3) is 6.09. The molecular formula is C26H26N2O12. The molecule has 0 aliphatic carbocycles. The second-order valence-electron chi connectivity index (χ2n) is 9.55. The van der Waals surface area contributed by atoms with E-state index in [4.69, 9.17) is 28.4 Å². The monoisotopic (exact) mass is 558 g/mol. The molecule has 0 spiro atoms. The van der Waals surface area contributed by atoms with Gasteiger partial charge in [0.15, 0.2) is 12.6 Å². The lowest BCUT2D eigenvalue weighted by Gasteiger charge is -2.15. The summed E-state index contributed by atoms with van der Waals surface area (Å²) in [6, 6.07) is 10.7. The Balaban J connectivity index is 0.000000161. The zero-order chi connectivity index (χ0) is 28.2. The summed E-state index contributed by atoms with van der Waals surface area (Å²) in [5.74, 6) is -0.837. The van der Waals surface area contributed by atoms with E-state index in [1.807, 2.05) is 0 Å². The molecule has 0 unspecified atom stereocenters. The fourth-order valence-electron chi connectivity index (χ4n) is 4.94. The highest BCUT2D eigenvalue weighted by molar-refractivity contribution is 5.90. The average molecular weight is 558 g/mol. The number of esters is 2. The Kier molecular flexibility index (Phi) is 8.30. The first kappa shape index (κ1) is 27.6. The molecule has 2 aromatic carbocycles. The standard InChI is InChI=1S/2C13H13NO6/c2*15-12(8-1-3-9(4-2-8)14(16)17)20-11-7-19-13-10(11)5-6-18-13/h2*1-4,10-11,13H,5-7H2/t2*10-,11+,13+/m10/s1. The van der Waals surface area contributed by atoms with E-state index in [-0.39, 0.29) is 59.1 Å². The molecule has 4 heterocycles. The summed E-state index contributed by atoms with van der Waals surface area (Å²) in [6.45, 7) is 1.88. The Labute approximate surface area is 227 Å². The molecule has 212 valence electrons. The fraction of sp³-hybridized carbons (Fsp3) is 0.462. The zero-order valence-electron chi connectivity index (χ0n) is 21.1. The number of nitro benzene ring substituents is 2. The summed E-state index contributed by atoms with van der Waals surface area (Å²) < 4.78 is 32.3. The van der Waals surface area contributed by atoms with Gasteiger partial charge in [0.25, 0.3) is 11.4 Å². The highest BCUT2D eigenvalue weighted by atomic mass is 16.7. The van der Waals surface area contributed by atoms with Crippen molar-refractivity contribution in [2.45, 2.75) is 37.6 Å². The van der Waals surface area contributed by atoms with Gasteiger partial charge in [-0.05, 0) is 37.1 Å². The van der Waals surface area contributed by atoms with Gasteiger partial charge in [-0.15, -0.1) is 0 Å². The van der Waals surface area contributed by atoms with Gasteiger partial charge in [0.2, 0.25) is 0 Å². The van der Waals surface area contributed by atoms with E-state index in [2.05, 4.69) is 0 Å². The number of ether oxygens (including phenoxy) is 6. The quantitative estimate of drug-likeness (QED) is 0.288. The maximum absolute atomic E-state index is 12.0. The first-order chi connectivity index (χ1) is 19.3. The molecule has 0 amide bonds. The van der Waals surface area contributed by atoms with E-state index >= 15 is 0 Å². The number of hydrogen-bond acceptors (Lipinski definition) is 12. The molecule has 4 aliphatic heterocycles. The van der Waals surface area contributed by atoms with Crippen molar-refractivity contribution in [2.24, 2.45) is 11.8 Å². The lowest BCUT2D eigenvalue weighted by Crippen LogP contribution is -2.26. The summed E-state index contributed by atoms with van der Waals surface area (Å²) in [6.07, 6.45) is 0.441. The number of nitrogens with zero attached hydrogens (tertiary/aromatic N) is 2. The molecule has 2 aromatic rings. The van der Waals surface area contributed by atoms with Gasteiger partial charge in [-0.3, -0.25) is 20.2 Å². The molecule has 0 N–H and O–H groups in total. The van der Waals surface area contributed by atoms with Crippen LogP contribution in [0.5, 0.6) is 0 Å². The van der Waals surface area contributed by atoms with Gasteiger partial charge in [0.05, 0.1) is 59.2 Å². The molecule has 14 nitrogen and oxygen atoms in total. The van der Waals surface area contributed by atoms with Crippen molar-refractivity contribution in [3.8, 4) is 0 Å². The number of benzene rings is 2. The second kappa shape index (κ2) is 12.0. The molecular weight excluding hydrogens is 532 g/mol. The van der Waals surface area contributed by atoms with Crippen molar-refractivity contribution in [1.82, 2.24) is 0 Å². The van der Waals surface area contributed by atoms with Crippen LogP contribution in [0, 0.1) is 32.1 Å². The van der Waals surface area contributed by atoms with E-state index < -0.39 is 21.8 Å².